The third kappa shape index (κ3) is 9.05. The molecule has 1 aromatic rings. The lowest BCUT2D eigenvalue weighted by atomic mass is 9.91. The van der Waals surface area contributed by atoms with Crippen molar-refractivity contribution in [1.29, 1.82) is 5.26 Å². The predicted octanol–water partition coefficient (Wildman–Crippen LogP) is 2.60. The van der Waals surface area contributed by atoms with Crippen molar-refractivity contribution in [3.05, 3.63) is 60.7 Å². The summed E-state index contributed by atoms with van der Waals surface area (Å²) in [6, 6.07) is 10.6. The minimum absolute atomic E-state index is 0.0234. The fourth-order valence-corrected chi connectivity index (χ4v) is 3.98. The summed E-state index contributed by atoms with van der Waals surface area (Å²) in [6.07, 6.45) is 1.95. The molecule has 1 aromatic carbocycles. The maximum absolute atomic E-state index is 13.6. The van der Waals surface area contributed by atoms with Gasteiger partial charge in [0.05, 0.1) is 31.2 Å². The lowest BCUT2D eigenvalue weighted by Gasteiger charge is -2.29. The molecule has 11 nitrogen and oxygen atoms in total. The van der Waals surface area contributed by atoms with Gasteiger partial charge in [0.25, 0.3) is 0 Å². The lowest BCUT2D eigenvalue weighted by molar-refractivity contribution is -0.137. The summed E-state index contributed by atoms with van der Waals surface area (Å²) in [6.45, 7) is 3.10. The van der Waals surface area contributed by atoms with Gasteiger partial charge in [-0.05, 0) is 31.2 Å². The number of rotatable bonds is 14. The molecule has 0 aliphatic carbocycles. The molecule has 1 heterocycles. The molecule has 0 aromatic heterocycles. The zero-order valence-corrected chi connectivity index (χ0v) is 21.4. The van der Waals surface area contributed by atoms with Crippen LogP contribution < -0.4 is 0 Å². The van der Waals surface area contributed by atoms with E-state index in [1.165, 1.54) is 25.3 Å². The van der Waals surface area contributed by atoms with Crippen LogP contribution in [0.5, 0.6) is 0 Å². The van der Waals surface area contributed by atoms with Crippen LogP contribution in [0.4, 0.5) is 9.59 Å². The van der Waals surface area contributed by atoms with E-state index in [1.54, 1.807) is 0 Å². The number of carbonyl (C=O) groups excluding carboxylic acids is 4. The number of amides is 3. The fraction of sp³-hybridized carbons (Fsp3) is 0.444. The average molecular weight is 528 g/mol. The van der Waals surface area contributed by atoms with Crippen LogP contribution in [0.25, 0.3) is 0 Å². The zero-order valence-electron chi connectivity index (χ0n) is 21.4. The molecular formula is C27H33N3O8. The van der Waals surface area contributed by atoms with E-state index in [9.17, 15) is 24.3 Å². The van der Waals surface area contributed by atoms with Crippen LogP contribution in [-0.4, -0.2) is 84.5 Å². The number of aliphatic hydroxyl groups is 1. The highest BCUT2D eigenvalue weighted by Crippen LogP contribution is 2.25. The predicted molar refractivity (Wildman–Crippen MR) is 135 cm³/mol. The summed E-state index contributed by atoms with van der Waals surface area (Å²) < 4.78 is 14.7. The van der Waals surface area contributed by atoms with Crippen molar-refractivity contribution < 1.29 is 38.5 Å². The van der Waals surface area contributed by atoms with Gasteiger partial charge in [-0.1, -0.05) is 49.1 Å². The molecule has 204 valence electrons. The number of allylic oxidation sites excluding steroid dienone is 1. The molecule has 1 N–H and O–H groups in total. The second kappa shape index (κ2) is 15.8. The van der Waals surface area contributed by atoms with Crippen LogP contribution in [0, 0.1) is 17.2 Å². The van der Waals surface area contributed by atoms with Crippen molar-refractivity contribution in [3.63, 3.8) is 0 Å². The summed E-state index contributed by atoms with van der Waals surface area (Å²) >= 11 is 0. The molecular weight excluding hydrogens is 494 g/mol. The molecule has 0 saturated carbocycles. The van der Waals surface area contributed by atoms with Gasteiger partial charge in [0.1, 0.15) is 19.8 Å². The van der Waals surface area contributed by atoms with Crippen LogP contribution in [0.15, 0.2) is 55.1 Å². The van der Waals surface area contributed by atoms with E-state index in [0.29, 0.717) is 6.42 Å². The number of aliphatic hydroxyl groups excluding tert-OH is 1. The second-order valence-electron chi connectivity index (χ2n) is 8.54. The van der Waals surface area contributed by atoms with E-state index in [4.69, 9.17) is 14.7 Å². The maximum Gasteiger partial charge on any atom is 0.416 e. The van der Waals surface area contributed by atoms with E-state index in [-0.39, 0.29) is 45.6 Å². The molecule has 1 fully saturated rings. The van der Waals surface area contributed by atoms with Crippen LogP contribution in [0.2, 0.25) is 0 Å². The molecule has 0 unspecified atom stereocenters. The molecule has 1 aliphatic heterocycles. The van der Waals surface area contributed by atoms with E-state index in [1.807, 2.05) is 36.4 Å². The number of hydrogen-bond donors (Lipinski definition) is 1. The first-order valence-electron chi connectivity index (χ1n) is 12.2. The number of cyclic esters (lactones) is 1. The number of methoxy groups -OCH3 is 1. The van der Waals surface area contributed by atoms with Crippen LogP contribution >= 0.6 is 0 Å². The van der Waals surface area contributed by atoms with Gasteiger partial charge in [0.2, 0.25) is 5.91 Å². The number of hydrogen-bond acceptors (Lipinski definition) is 9. The van der Waals surface area contributed by atoms with E-state index < -0.39 is 42.1 Å². The smallest absolute Gasteiger partial charge is 0.416 e. The molecule has 0 spiro atoms. The highest BCUT2D eigenvalue weighted by Gasteiger charge is 2.42. The number of nitrogens with zero attached hydrogens (tertiary/aromatic N) is 3. The van der Waals surface area contributed by atoms with Crippen LogP contribution in [-0.2, 0) is 30.2 Å². The number of ether oxygens (including phenoxy) is 3. The minimum Gasteiger partial charge on any atom is -0.466 e. The molecule has 2 rings (SSSR count). The topological polar surface area (TPSA) is 146 Å². The molecule has 0 bridgehead atoms. The average Bonchev–Trinajstić information content (AvgIpc) is 3.28. The highest BCUT2D eigenvalue weighted by molar-refractivity contribution is 5.95. The first-order valence-corrected chi connectivity index (χ1v) is 12.2. The maximum atomic E-state index is 13.6. The third-order valence-electron chi connectivity index (χ3n) is 5.93. The van der Waals surface area contributed by atoms with E-state index in [2.05, 4.69) is 11.3 Å². The van der Waals surface area contributed by atoms with Gasteiger partial charge in [-0.2, -0.15) is 5.26 Å². The Kier molecular flexibility index (Phi) is 12.5. The number of carbonyl (C=O) groups is 4. The molecule has 3 atom stereocenters. The van der Waals surface area contributed by atoms with Gasteiger partial charge in [0.15, 0.2) is 0 Å². The summed E-state index contributed by atoms with van der Waals surface area (Å²) in [4.78, 5) is 51.9. The van der Waals surface area contributed by atoms with Crippen LogP contribution in [0.1, 0.15) is 24.8 Å². The second-order valence-corrected chi connectivity index (χ2v) is 8.54. The third-order valence-corrected chi connectivity index (χ3v) is 5.93. The van der Waals surface area contributed by atoms with Gasteiger partial charge in [0, 0.05) is 12.6 Å². The monoisotopic (exact) mass is 527 g/mol. The Morgan fingerprint density at radius 1 is 1.32 bits per heavy atom. The van der Waals surface area contributed by atoms with E-state index in [0.717, 1.165) is 15.4 Å². The lowest BCUT2D eigenvalue weighted by Crippen LogP contribution is -2.47. The minimum atomic E-state index is -1.27. The first-order chi connectivity index (χ1) is 18.3. The molecule has 38 heavy (non-hydrogen) atoms. The largest absolute Gasteiger partial charge is 0.466 e. The Hall–Kier alpha value is -4.17. The Morgan fingerprint density at radius 3 is 2.71 bits per heavy atom. The van der Waals surface area contributed by atoms with Crippen LogP contribution in [0.3, 0.4) is 0 Å². The van der Waals surface area contributed by atoms with Crippen molar-refractivity contribution in [2.45, 2.75) is 37.8 Å². The normalized spacial score (nSPS) is 16.3. The Balaban J connectivity index is 2.19. The molecule has 11 heteroatoms. The highest BCUT2D eigenvalue weighted by atomic mass is 16.6. The van der Waals surface area contributed by atoms with Crippen molar-refractivity contribution in [2.75, 3.05) is 33.4 Å². The van der Waals surface area contributed by atoms with E-state index >= 15 is 0 Å². The number of benzene rings is 1. The van der Waals surface area contributed by atoms with Gasteiger partial charge in [-0.25, -0.2) is 19.3 Å². The quantitative estimate of drug-likeness (QED) is 0.127. The molecule has 0 radical (unpaired) electrons. The SMILES string of the molecule is C=CCOC(=O)N(CC#N)CC[C@@H](O)[C@@H](CC/C=C/C(=O)OC)C(=O)N1C(=O)OC[C@@H]1Cc1ccccc1. The Bertz CT molecular complexity index is 1040. The number of imide groups is 1. The van der Waals surface area contributed by atoms with Crippen molar-refractivity contribution in [1.82, 2.24) is 9.80 Å². The Labute approximate surface area is 221 Å². The fourth-order valence-electron chi connectivity index (χ4n) is 3.98. The van der Waals surface area contributed by atoms with Crippen molar-refractivity contribution in [2.24, 2.45) is 5.92 Å². The van der Waals surface area contributed by atoms with Gasteiger partial charge < -0.3 is 19.3 Å². The zero-order chi connectivity index (χ0) is 27.9. The van der Waals surface area contributed by atoms with Gasteiger partial charge in [-0.3, -0.25) is 9.69 Å². The number of nitriles is 1. The summed E-state index contributed by atoms with van der Waals surface area (Å²) in [5.41, 5.74) is 0.914. The summed E-state index contributed by atoms with van der Waals surface area (Å²) in [7, 11) is 1.24. The van der Waals surface area contributed by atoms with Crippen molar-refractivity contribution >= 4 is 24.1 Å². The first kappa shape index (κ1) is 30.1. The molecule has 3 amide bonds. The molecule has 1 saturated heterocycles. The standard InChI is InChI=1S/C27H33N3O8/c1-3-17-37-26(34)29(16-14-28)15-13-23(31)22(11-7-8-12-24(32)36-2)25(33)30-21(19-38-27(30)35)18-20-9-5-4-6-10-20/h3-6,8-10,12,21-23,31H,1,7,11,13,15-19H2,2H3/b12-8+/t21-,22+,23+/m0/s1. The van der Waals surface area contributed by atoms with Gasteiger partial charge in [-0.15, -0.1) is 0 Å². The summed E-state index contributed by atoms with van der Waals surface area (Å²) in [5.74, 6) is -2.23. The number of esters is 1. The van der Waals surface area contributed by atoms with Gasteiger partial charge >= 0.3 is 18.2 Å². The van der Waals surface area contributed by atoms with Crippen molar-refractivity contribution in [3.8, 4) is 6.07 Å². The molecule has 1 aliphatic rings. The summed E-state index contributed by atoms with van der Waals surface area (Å²) in [5, 5.41) is 20.1. The Morgan fingerprint density at radius 2 is 2.05 bits per heavy atom.